The molecule has 112 valence electrons. The molecule has 0 aliphatic carbocycles. The molecular weight excluding hydrogens is 263 g/mol. The number of allylic oxidation sites excluding steroid dienone is 1. The molecular formula is C16H22F3N. The fraction of sp³-hybridized carbons (Fsp3) is 0.500. The third-order valence-electron chi connectivity index (χ3n) is 3.24. The van der Waals surface area contributed by atoms with Gasteiger partial charge in [0.15, 0.2) is 0 Å². The van der Waals surface area contributed by atoms with E-state index in [1.54, 1.807) is 6.07 Å². The van der Waals surface area contributed by atoms with Crippen molar-refractivity contribution in [1.29, 1.82) is 0 Å². The van der Waals surface area contributed by atoms with Gasteiger partial charge in [-0.15, -0.1) is 6.58 Å². The Kier molecular flexibility index (Phi) is 6.79. The number of unbranched alkanes of at least 4 members (excludes halogenated alkanes) is 3. The average molecular weight is 285 g/mol. The Balaban J connectivity index is 2.42. The van der Waals surface area contributed by atoms with Crippen molar-refractivity contribution in [2.75, 3.05) is 0 Å². The summed E-state index contributed by atoms with van der Waals surface area (Å²) in [6, 6.07) is 5.34. The maximum atomic E-state index is 12.6. The second-order valence-corrected chi connectivity index (χ2v) is 5.09. The first-order valence-corrected chi connectivity index (χ1v) is 6.96. The standard InChI is InChI=1S/C16H22F3N/c1-2-3-4-5-6-10-15(20)12-13-8-7-9-14(11-13)16(17,18)19/h2,7-9,11,15H,1,3-6,10,12,20H2. The zero-order valence-corrected chi connectivity index (χ0v) is 11.6. The Hall–Kier alpha value is -1.29. The summed E-state index contributed by atoms with van der Waals surface area (Å²) < 4.78 is 37.8. The SMILES string of the molecule is C=CCCCCCC(N)Cc1cccc(C(F)(F)F)c1. The number of alkyl halides is 3. The zero-order valence-electron chi connectivity index (χ0n) is 11.6. The minimum Gasteiger partial charge on any atom is -0.327 e. The van der Waals surface area contributed by atoms with E-state index < -0.39 is 11.7 Å². The normalized spacial score (nSPS) is 13.2. The van der Waals surface area contributed by atoms with Crippen molar-refractivity contribution in [3.63, 3.8) is 0 Å². The van der Waals surface area contributed by atoms with Crippen LogP contribution in [0, 0.1) is 0 Å². The molecule has 1 atom stereocenters. The fourth-order valence-corrected chi connectivity index (χ4v) is 2.15. The molecule has 0 saturated carbocycles. The van der Waals surface area contributed by atoms with Crippen LogP contribution in [0.3, 0.4) is 0 Å². The number of hydrogen-bond donors (Lipinski definition) is 1. The number of rotatable bonds is 8. The molecule has 20 heavy (non-hydrogen) atoms. The zero-order chi connectivity index (χ0) is 15.0. The molecule has 0 heterocycles. The van der Waals surface area contributed by atoms with E-state index in [1.807, 2.05) is 6.08 Å². The molecule has 0 bridgehead atoms. The first-order chi connectivity index (χ1) is 9.43. The van der Waals surface area contributed by atoms with Gasteiger partial charge in [0.05, 0.1) is 5.56 Å². The molecule has 0 radical (unpaired) electrons. The second-order valence-electron chi connectivity index (χ2n) is 5.09. The van der Waals surface area contributed by atoms with Gasteiger partial charge in [-0.1, -0.05) is 37.1 Å². The molecule has 1 nitrogen and oxygen atoms in total. The molecule has 0 aliphatic heterocycles. The summed E-state index contributed by atoms with van der Waals surface area (Å²) in [4.78, 5) is 0. The van der Waals surface area contributed by atoms with Crippen LogP contribution in [0.1, 0.15) is 43.2 Å². The van der Waals surface area contributed by atoms with Crippen molar-refractivity contribution in [3.8, 4) is 0 Å². The van der Waals surface area contributed by atoms with Crippen molar-refractivity contribution in [2.24, 2.45) is 5.73 Å². The average Bonchev–Trinajstić information content (AvgIpc) is 2.38. The Morgan fingerprint density at radius 2 is 1.95 bits per heavy atom. The van der Waals surface area contributed by atoms with E-state index in [9.17, 15) is 13.2 Å². The quantitative estimate of drug-likeness (QED) is 0.543. The molecule has 4 heteroatoms. The van der Waals surface area contributed by atoms with Crippen LogP contribution in [-0.2, 0) is 12.6 Å². The van der Waals surface area contributed by atoms with E-state index in [2.05, 4.69) is 6.58 Å². The maximum absolute atomic E-state index is 12.6. The Labute approximate surface area is 118 Å². The summed E-state index contributed by atoms with van der Waals surface area (Å²) in [6.45, 7) is 3.66. The van der Waals surface area contributed by atoms with E-state index in [4.69, 9.17) is 5.73 Å². The second kappa shape index (κ2) is 8.10. The predicted octanol–water partition coefficient (Wildman–Crippen LogP) is 4.71. The van der Waals surface area contributed by atoms with Gasteiger partial charge in [0.2, 0.25) is 0 Å². The van der Waals surface area contributed by atoms with Crippen molar-refractivity contribution >= 4 is 0 Å². The minimum atomic E-state index is -4.29. The van der Waals surface area contributed by atoms with E-state index in [-0.39, 0.29) is 6.04 Å². The number of benzene rings is 1. The van der Waals surface area contributed by atoms with Gasteiger partial charge in [-0.05, 0) is 37.3 Å². The summed E-state index contributed by atoms with van der Waals surface area (Å²) in [5.74, 6) is 0. The lowest BCUT2D eigenvalue weighted by Gasteiger charge is -2.13. The van der Waals surface area contributed by atoms with Gasteiger partial charge in [0.25, 0.3) is 0 Å². The molecule has 1 unspecified atom stereocenters. The molecule has 0 amide bonds. The van der Waals surface area contributed by atoms with Gasteiger partial charge in [0.1, 0.15) is 0 Å². The maximum Gasteiger partial charge on any atom is 0.416 e. The summed E-state index contributed by atoms with van der Waals surface area (Å²) in [6.07, 6.45) is 3.13. The smallest absolute Gasteiger partial charge is 0.327 e. The van der Waals surface area contributed by atoms with Crippen LogP contribution in [-0.4, -0.2) is 6.04 Å². The topological polar surface area (TPSA) is 26.0 Å². The lowest BCUT2D eigenvalue weighted by Crippen LogP contribution is -2.22. The molecule has 0 spiro atoms. The first-order valence-electron chi connectivity index (χ1n) is 6.96. The van der Waals surface area contributed by atoms with E-state index in [1.165, 1.54) is 12.1 Å². The van der Waals surface area contributed by atoms with Crippen LogP contribution in [0.5, 0.6) is 0 Å². The molecule has 1 aromatic rings. The van der Waals surface area contributed by atoms with Crippen molar-refractivity contribution in [2.45, 2.75) is 50.7 Å². The molecule has 0 saturated heterocycles. The number of hydrogen-bond acceptors (Lipinski definition) is 1. The van der Waals surface area contributed by atoms with Gasteiger partial charge >= 0.3 is 6.18 Å². The van der Waals surface area contributed by atoms with Crippen LogP contribution in [0.25, 0.3) is 0 Å². The Morgan fingerprint density at radius 3 is 2.60 bits per heavy atom. The van der Waals surface area contributed by atoms with Crippen LogP contribution in [0.2, 0.25) is 0 Å². The van der Waals surface area contributed by atoms with Gasteiger partial charge < -0.3 is 5.73 Å². The number of halogens is 3. The minimum absolute atomic E-state index is 0.0813. The largest absolute Gasteiger partial charge is 0.416 e. The third-order valence-corrected chi connectivity index (χ3v) is 3.24. The van der Waals surface area contributed by atoms with E-state index in [0.717, 1.165) is 38.2 Å². The summed E-state index contributed by atoms with van der Waals surface area (Å²) in [7, 11) is 0. The van der Waals surface area contributed by atoms with Crippen molar-refractivity contribution in [1.82, 2.24) is 0 Å². The predicted molar refractivity (Wildman–Crippen MR) is 76.4 cm³/mol. The molecule has 0 aliphatic rings. The summed E-state index contributed by atoms with van der Waals surface area (Å²) >= 11 is 0. The number of nitrogens with two attached hydrogens (primary N) is 1. The van der Waals surface area contributed by atoms with Gasteiger partial charge in [0, 0.05) is 6.04 Å². The van der Waals surface area contributed by atoms with Crippen molar-refractivity contribution in [3.05, 3.63) is 48.0 Å². The highest BCUT2D eigenvalue weighted by molar-refractivity contribution is 5.26. The Morgan fingerprint density at radius 1 is 1.20 bits per heavy atom. The highest BCUT2D eigenvalue weighted by Gasteiger charge is 2.30. The van der Waals surface area contributed by atoms with Gasteiger partial charge in [-0.25, -0.2) is 0 Å². The lowest BCUT2D eigenvalue weighted by atomic mass is 9.99. The highest BCUT2D eigenvalue weighted by Crippen LogP contribution is 2.29. The molecule has 0 fully saturated rings. The van der Waals surface area contributed by atoms with Gasteiger partial charge in [-0.2, -0.15) is 13.2 Å². The van der Waals surface area contributed by atoms with E-state index in [0.29, 0.717) is 12.0 Å². The van der Waals surface area contributed by atoms with Crippen LogP contribution in [0.4, 0.5) is 13.2 Å². The van der Waals surface area contributed by atoms with Crippen LogP contribution >= 0.6 is 0 Å². The first kappa shape index (κ1) is 16.8. The molecule has 1 rings (SSSR count). The summed E-state index contributed by atoms with van der Waals surface area (Å²) in [5.41, 5.74) is 6.03. The fourth-order valence-electron chi connectivity index (χ4n) is 2.15. The van der Waals surface area contributed by atoms with Gasteiger partial charge in [-0.3, -0.25) is 0 Å². The van der Waals surface area contributed by atoms with Crippen LogP contribution < -0.4 is 5.73 Å². The molecule has 2 N–H and O–H groups in total. The van der Waals surface area contributed by atoms with Crippen LogP contribution in [0.15, 0.2) is 36.9 Å². The van der Waals surface area contributed by atoms with E-state index >= 15 is 0 Å². The molecule has 1 aromatic carbocycles. The van der Waals surface area contributed by atoms with Crippen molar-refractivity contribution < 1.29 is 13.2 Å². The molecule has 0 aromatic heterocycles. The monoisotopic (exact) mass is 285 g/mol. The highest BCUT2D eigenvalue weighted by atomic mass is 19.4. The Bertz CT molecular complexity index is 412. The summed E-state index contributed by atoms with van der Waals surface area (Å²) in [5, 5.41) is 0. The lowest BCUT2D eigenvalue weighted by molar-refractivity contribution is -0.137. The third kappa shape index (κ3) is 6.24.